The number of hydrogen-bond acceptors (Lipinski definition) is 7. The number of benzene rings is 1. The minimum Gasteiger partial charge on any atom is -0.501 e. The summed E-state index contributed by atoms with van der Waals surface area (Å²) in [6, 6.07) is 7.51. The number of aromatic nitrogens is 5. The van der Waals surface area contributed by atoms with Crippen molar-refractivity contribution >= 4 is 11.6 Å². The van der Waals surface area contributed by atoms with Crippen molar-refractivity contribution in [3.63, 3.8) is 0 Å². The van der Waals surface area contributed by atoms with Gasteiger partial charge in [-0.2, -0.15) is 5.10 Å². The number of aromatic hydroxyl groups is 1. The van der Waals surface area contributed by atoms with Crippen LogP contribution in [0.15, 0.2) is 52.2 Å². The van der Waals surface area contributed by atoms with Gasteiger partial charge in [-0.15, -0.1) is 0 Å². The van der Waals surface area contributed by atoms with Gasteiger partial charge in [0.2, 0.25) is 5.75 Å². The van der Waals surface area contributed by atoms with Crippen molar-refractivity contribution in [2.75, 3.05) is 5.32 Å². The Bertz CT molecular complexity index is 1300. The summed E-state index contributed by atoms with van der Waals surface area (Å²) in [6.45, 7) is 1.91. The molecular formula is C20H18N6O4. The third-order valence-corrected chi connectivity index (χ3v) is 4.52. The molecule has 10 nitrogen and oxygen atoms in total. The second-order valence-electron chi connectivity index (χ2n) is 6.83. The van der Waals surface area contributed by atoms with Gasteiger partial charge in [0.1, 0.15) is 17.8 Å². The maximum absolute atomic E-state index is 12.6. The van der Waals surface area contributed by atoms with Gasteiger partial charge in [-0.25, -0.2) is 4.98 Å². The highest BCUT2D eigenvalue weighted by atomic mass is 16.5. The average Bonchev–Trinajstić information content (AvgIpc) is 3.37. The van der Waals surface area contributed by atoms with Gasteiger partial charge in [0, 0.05) is 31.4 Å². The molecular weight excluding hydrogens is 388 g/mol. The monoisotopic (exact) mass is 406 g/mol. The Morgan fingerprint density at radius 3 is 2.63 bits per heavy atom. The molecule has 1 aromatic carbocycles. The Balaban J connectivity index is 1.83. The molecule has 4 aromatic rings. The lowest BCUT2D eigenvalue weighted by atomic mass is 10.0. The number of hydrogen-bond donors (Lipinski definition) is 2. The van der Waals surface area contributed by atoms with Crippen molar-refractivity contribution in [3.8, 4) is 28.4 Å². The third-order valence-electron chi connectivity index (χ3n) is 4.52. The van der Waals surface area contributed by atoms with E-state index in [1.807, 2.05) is 44.4 Å². The molecule has 0 aliphatic carbocycles. The fraction of sp³-hybridized carbons (Fsp3) is 0.150. The molecule has 10 heteroatoms. The molecule has 0 atom stereocenters. The molecule has 2 N–H and O–H groups in total. The maximum Gasteiger partial charge on any atom is 0.296 e. The summed E-state index contributed by atoms with van der Waals surface area (Å²) >= 11 is 0. The van der Waals surface area contributed by atoms with Crippen LogP contribution in [0.25, 0.3) is 22.6 Å². The maximum atomic E-state index is 12.6. The van der Waals surface area contributed by atoms with Crippen molar-refractivity contribution in [2.24, 2.45) is 14.1 Å². The van der Waals surface area contributed by atoms with Crippen molar-refractivity contribution < 1.29 is 14.4 Å². The summed E-state index contributed by atoms with van der Waals surface area (Å²) in [5.41, 5.74) is 2.27. The summed E-state index contributed by atoms with van der Waals surface area (Å²) in [4.78, 5) is 29.4. The molecule has 0 unspecified atom stereocenters. The number of carbonyl (C=O) groups is 1. The van der Waals surface area contributed by atoms with E-state index in [9.17, 15) is 14.7 Å². The van der Waals surface area contributed by atoms with Gasteiger partial charge < -0.3 is 14.9 Å². The number of nitrogens with zero attached hydrogens (tertiary/aromatic N) is 5. The van der Waals surface area contributed by atoms with E-state index >= 15 is 0 Å². The van der Waals surface area contributed by atoms with Gasteiger partial charge >= 0.3 is 0 Å². The minimum atomic E-state index is -0.757. The van der Waals surface area contributed by atoms with Crippen LogP contribution in [0.3, 0.4) is 0 Å². The highest BCUT2D eigenvalue weighted by Crippen LogP contribution is 2.27. The first-order valence-corrected chi connectivity index (χ1v) is 8.96. The van der Waals surface area contributed by atoms with Crippen LogP contribution in [-0.4, -0.2) is 35.5 Å². The molecule has 0 radical (unpaired) electrons. The third kappa shape index (κ3) is 3.46. The molecule has 0 fully saturated rings. The van der Waals surface area contributed by atoms with E-state index in [0.717, 1.165) is 16.8 Å². The lowest BCUT2D eigenvalue weighted by Crippen LogP contribution is -2.25. The first-order chi connectivity index (χ1) is 14.3. The van der Waals surface area contributed by atoms with Crippen LogP contribution >= 0.6 is 0 Å². The van der Waals surface area contributed by atoms with Crippen LogP contribution in [0.5, 0.6) is 5.75 Å². The van der Waals surface area contributed by atoms with Crippen molar-refractivity contribution in [3.05, 3.63) is 64.5 Å². The normalized spacial score (nSPS) is 10.9. The van der Waals surface area contributed by atoms with E-state index in [-0.39, 0.29) is 11.5 Å². The molecule has 4 rings (SSSR count). The topological polar surface area (TPSA) is 128 Å². The molecule has 0 saturated carbocycles. The smallest absolute Gasteiger partial charge is 0.296 e. The van der Waals surface area contributed by atoms with Crippen LogP contribution in [0.2, 0.25) is 0 Å². The van der Waals surface area contributed by atoms with E-state index in [2.05, 4.69) is 25.1 Å². The van der Waals surface area contributed by atoms with Gasteiger partial charge in [-0.05, 0) is 36.8 Å². The number of carbonyl (C=O) groups excluding carboxylic acids is 1. The Morgan fingerprint density at radius 2 is 1.97 bits per heavy atom. The molecule has 0 saturated heterocycles. The van der Waals surface area contributed by atoms with Crippen molar-refractivity contribution in [1.82, 2.24) is 24.5 Å². The first-order valence-electron chi connectivity index (χ1n) is 8.96. The predicted octanol–water partition coefficient (Wildman–Crippen LogP) is 2.10. The number of rotatable bonds is 4. The largest absolute Gasteiger partial charge is 0.501 e. The summed E-state index contributed by atoms with van der Waals surface area (Å²) in [5, 5.41) is 20.6. The van der Waals surface area contributed by atoms with Gasteiger partial charge in [0.15, 0.2) is 5.69 Å². The fourth-order valence-corrected chi connectivity index (χ4v) is 3.09. The first kappa shape index (κ1) is 19.1. The lowest BCUT2D eigenvalue weighted by molar-refractivity contribution is 0.101. The zero-order valence-electron chi connectivity index (χ0n) is 16.4. The Kier molecular flexibility index (Phi) is 4.66. The summed E-state index contributed by atoms with van der Waals surface area (Å²) in [5.74, 6) is -1.27. The zero-order chi connectivity index (χ0) is 21.4. The SMILES string of the molecule is Cc1cc(-c2ccn(C)n2)cc(-c2nc(C(=O)Nc3cnoc3)c(O)c(=O)n2C)c1. The number of amides is 1. The van der Waals surface area contributed by atoms with Gasteiger partial charge in [0.05, 0.1) is 11.9 Å². The standard InChI is InChI=1S/C20H18N6O4/c1-11-6-12(15-4-5-25(2)24-15)8-13(7-11)18-23-16(17(27)20(29)26(18)3)19(28)22-14-9-21-30-10-14/h4-10,27H,1-3H3,(H,22,28). The van der Waals surface area contributed by atoms with E-state index in [1.165, 1.54) is 24.1 Å². The lowest BCUT2D eigenvalue weighted by Gasteiger charge is -2.13. The second kappa shape index (κ2) is 7.32. The summed E-state index contributed by atoms with van der Waals surface area (Å²) in [6.07, 6.45) is 4.34. The van der Waals surface area contributed by atoms with Crippen LogP contribution < -0.4 is 10.9 Å². The molecule has 0 spiro atoms. The quantitative estimate of drug-likeness (QED) is 0.531. The Morgan fingerprint density at radius 1 is 1.20 bits per heavy atom. The van der Waals surface area contributed by atoms with Gasteiger partial charge in [0.25, 0.3) is 11.5 Å². The number of aryl methyl sites for hydroxylation is 2. The van der Waals surface area contributed by atoms with Crippen LogP contribution in [0, 0.1) is 6.92 Å². The number of anilines is 1. The summed E-state index contributed by atoms with van der Waals surface area (Å²) in [7, 11) is 3.31. The second-order valence-corrected chi connectivity index (χ2v) is 6.83. The molecule has 0 bridgehead atoms. The van der Waals surface area contributed by atoms with Crippen LogP contribution in [0.1, 0.15) is 16.1 Å². The van der Waals surface area contributed by atoms with Gasteiger partial charge in [-0.3, -0.25) is 18.8 Å². The van der Waals surface area contributed by atoms with Crippen molar-refractivity contribution in [2.45, 2.75) is 6.92 Å². The van der Waals surface area contributed by atoms with E-state index < -0.39 is 22.9 Å². The van der Waals surface area contributed by atoms with E-state index in [0.29, 0.717) is 5.56 Å². The zero-order valence-corrected chi connectivity index (χ0v) is 16.4. The molecule has 0 aliphatic rings. The van der Waals surface area contributed by atoms with E-state index in [4.69, 9.17) is 0 Å². The molecule has 1 amide bonds. The van der Waals surface area contributed by atoms with Crippen LogP contribution in [0.4, 0.5) is 5.69 Å². The van der Waals surface area contributed by atoms with Crippen molar-refractivity contribution in [1.29, 1.82) is 0 Å². The van der Waals surface area contributed by atoms with Gasteiger partial charge in [-0.1, -0.05) is 5.16 Å². The average molecular weight is 406 g/mol. The minimum absolute atomic E-state index is 0.231. The Labute approximate surface area is 170 Å². The highest BCUT2D eigenvalue weighted by Gasteiger charge is 2.22. The number of nitrogens with one attached hydrogen (secondary N) is 1. The Hall–Kier alpha value is -4.21. The highest BCUT2D eigenvalue weighted by molar-refractivity contribution is 6.04. The molecule has 0 aliphatic heterocycles. The molecule has 30 heavy (non-hydrogen) atoms. The molecule has 3 heterocycles. The predicted molar refractivity (Wildman–Crippen MR) is 108 cm³/mol. The van der Waals surface area contributed by atoms with Crippen LogP contribution in [-0.2, 0) is 14.1 Å². The molecule has 3 aromatic heterocycles. The summed E-state index contributed by atoms with van der Waals surface area (Å²) < 4.78 is 7.56. The van der Waals surface area contributed by atoms with E-state index in [1.54, 1.807) is 4.68 Å². The molecule has 152 valence electrons. The fourth-order valence-electron chi connectivity index (χ4n) is 3.09.